The Morgan fingerprint density at radius 1 is 1.17 bits per heavy atom. The van der Waals surface area contributed by atoms with Gasteiger partial charge >= 0.3 is 12.1 Å². The lowest BCUT2D eigenvalue weighted by Gasteiger charge is -2.06. The van der Waals surface area contributed by atoms with Crippen molar-refractivity contribution < 1.29 is 32.4 Å². The number of alkyl halides is 3. The molecule has 0 spiro atoms. The largest absolute Gasteiger partial charge is 0.462 e. The number of nitrogens with zero attached hydrogens (tertiary/aromatic N) is 1. The van der Waals surface area contributed by atoms with Gasteiger partial charge in [0.25, 0.3) is 11.6 Å². The summed E-state index contributed by atoms with van der Waals surface area (Å²) in [6.07, 6.45) is -4.50. The zero-order valence-electron chi connectivity index (χ0n) is 15.6. The van der Waals surface area contributed by atoms with Crippen LogP contribution >= 0.6 is 0 Å². The van der Waals surface area contributed by atoms with Gasteiger partial charge in [-0.1, -0.05) is 17.9 Å². The van der Waals surface area contributed by atoms with Gasteiger partial charge in [0.15, 0.2) is 0 Å². The van der Waals surface area contributed by atoms with Crippen LogP contribution in [-0.2, 0) is 10.9 Å². The number of amides is 1. The molecule has 1 amide bonds. The van der Waals surface area contributed by atoms with Crippen LogP contribution < -0.4 is 5.32 Å². The summed E-state index contributed by atoms with van der Waals surface area (Å²) in [5, 5.41) is 13.4. The molecule has 0 aromatic heterocycles. The van der Waals surface area contributed by atoms with Crippen LogP contribution in [0.3, 0.4) is 0 Å². The fraction of sp³-hybridized carbons (Fsp3) is 0.200. The molecule has 2 aromatic rings. The van der Waals surface area contributed by atoms with Crippen molar-refractivity contribution in [2.45, 2.75) is 13.1 Å². The Bertz CT molecular complexity index is 1040. The summed E-state index contributed by atoms with van der Waals surface area (Å²) in [5.41, 5.74) is -1.53. The third-order valence-corrected chi connectivity index (χ3v) is 3.66. The van der Waals surface area contributed by atoms with Gasteiger partial charge < -0.3 is 10.1 Å². The number of hydrogen-bond donors (Lipinski definition) is 1. The molecule has 0 bridgehead atoms. The van der Waals surface area contributed by atoms with E-state index in [0.29, 0.717) is 0 Å². The zero-order chi connectivity index (χ0) is 22.3. The maximum absolute atomic E-state index is 12.7. The quantitative estimate of drug-likeness (QED) is 0.345. The molecule has 2 aromatic carbocycles. The maximum atomic E-state index is 12.7. The molecule has 0 saturated carbocycles. The van der Waals surface area contributed by atoms with Gasteiger partial charge in [0, 0.05) is 23.3 Å². The fourth-order valence-corrected chi connectivity index (χ4v) is 2.33. The molecule has 156 valence electrons. The minimum absolute atomic E-state index is 0.0498. The molecule has 1 N–H and O–H groups in total. The summed E-state index contributed by atoms with van der Waals surface area (Å²) >= 11 is 0. The smallest absolute Gasteiger partial charge is 0.416 e. The van der Waals surface area contributed by atoms with Gasteiger partial charge in [-0.3, -0.25) is 14.9 Å². The van der Waals surface area contributed by atoms with Crippen molar-refractivity contribution in [1.29, 1.82) is 0 Å². The number of nitro benzene ring substituents is 1. The number of halogens is 3. The number of nitrogens with one attached hydrogen (secondary N) is 1. The first-order valence-corrected chi connectivity index (χ1v) is 8.52. The van der Waals surface area contributed by atoms with Crippen molar-refractivity contribution in [3.63, 3.8) is 0 Å². The van der Waals surface area contributed by atoms with Gasteiger partial charge in [0.1, 0.15) is 0 Å². The third kappa shape index (κ3) is 6.07. The van der Waals surface area contributed by atoms with E-state index in [1.807, 2.05) is 0 Å². The summed E-state index contributed by atoms with van der Waals surface area (Å²) in [5.74, 6) is 3.43. The van der Waals surface area contributed by atoms with Gasteiger partial charge in [0.2, 0.25) is 0 Å². The van der Waals surface area contributed by atoms with Crippen molar-refractivity contribution in [3.8, 4) is 11.8 Å². The molecule has 0 aliphatic rings. The van der Waals surface area contributed by atoms with Crippen molar-refractivity contribution in [2.24, 2.45) is 0 Å². The number of carbonyl (C=O) groups excluding carboxylic acids is 2. The first kappa shape index (κ1) is 22.4. The first-order chi connectivity index (χ1) is 14.1. The van der Waals surface area contributed by atoms with Crippen LogP contribution in [0.25, 0.3) is 0 Å². The lowest BCUT2D eigenvalue weighted by atomic mass is 10.1. The molecule has 0 heterocycles. The predicted molar refractivity (Wildman–Crippen MR) is 99.7 cm³/mol. The van der Waals surface area contributed by atoms with Gasteiger partial charge in [-0.05, 0) is 31.2 Å². The van der Waals surface area contributed by atoms with Gasteiger partial charge in [0.05, 0.1) is 29.2 Å². The summed E-state index contributed by atoms with van der Waals surface area (Å²) < 4.78 is 42.9. The molecule has 0 aliphatic heterocycles. The topological polar surface area (TPSA) is 98.5 Å². The van der Waals surface area contributed by atoms with Crippen LogP contribution in [0.1, 0.15) is 38.8 Å². The summed E-state index contributed by atoms with van der Waals surface area (Å²) in [7, 11) is 0. The number of ether oxygens (including phenoxy) is 1. The third-order valence-electron chi connectivity index (χ3n) is 3.66. The Kier molecular flexibility index (Phi) is 7.14. The Balaban J connectivity index is 2.13. The molecular weight excluding hydrogens is 405 g/mol. The van der Waals surface area contributed by atoms with E-state index in [9.17, 15) is 32.9 Å². The average molecular weight is 420 g/mol. The van der Waals surface area contributed by atoms with E-state index in [2.05, 4.69) is 17.2 Å². The van der Waals surface area contributed by atoms with Crippen molar-refractivity contribution in [2.75, 3.05) is 13.2 Å². The van der Waals surface area contributed by atoms with E-state index in [1.165, 1.54) is 12.1 Å². The Morgan fingerprint density at radius 3 is 2.50 bits per heavy atom. The molecule has 0 aliphatic carbocycles. The number of benzene rings is 2. The van der Waals surface area contributed by atoms with Crippen LogP contribution in [0.5, 0.6) is 0 Å². The lowest BCUT2D eigenvalue weighted by molar-refractivity contribution is -0.384. The number of carbonyl (C=O) groups is 2. The van der Waals surface area contributed by atoms with Crippen molar-refractivity contribution in [3.05, 3.63) is 74.8 Å². The molecule has 0 atom stereocenters. The standard InChI is InChI=1S/C20H15F3N2O5/c1-2-30-19(27)15-10-14(11-17(12-15)25(28)29)18(26)24-8-4-6-13-5-3-7-16(9-13)20(21,22)23/h3,5,7,9-12H,2,8H2,1H3,(H,24,26). The molecule has 7 nitrogen and oxygen atoms in total. The number of hydrogen-bond acceptors (Lipinski definition) is 5. The van der Waals surface area contributed by atoms with E-state index in [1.54, 1.807) is 6.92 Å². The lowest BCUT2D eigenvalue weighted by Crippen LogP contribution is -2.24. The average Bonchev–Trinajstić information content (AvgIpc) is 2.70. The molecule has 30 heavy (non-hydrogen) atoms. The van der Waals surface area contributed by atoms with Gasteiger partial charge in [-0.25, -0.2) is 4.79 Å². The molecule has 2 rings (SSSR count). The number of esters is 1. The van der Waals surface area contributed by atoms with Gasteiger partial charge in [-0.2, -0.15) is 13.2 Å². The zero-order valence-corrected chi connectivity index (χ0v) is 15.6. The highest BCUT2D eigenvalue weighted by Crippen LogP contribution is 2.29. The summed E-state index contributed by atoms with van der Waals surface area (Å²) in [4.78, 5) is 34.4. The Labute approximate surface area is 169 Å². The Hall–Kier alpha value is -3.87. The van der Waals surface area contributed by atoms with E-state index in [4.69, 9.17) is 4.74 Å². The van der Waals surface area contributed by atoms with Crippen LogP contribution in [0.4, 0.5) is 18.9 Å². The number of non-ortho nitro benzene ring substituents is 1. The van der Waals surface area contributed by atoms with Crippen LogP contribution in [0, 0.1) is 22.0 Å². The maximum Gasteiger partial charge on any atom is 0.416 e. The van der Waals surface area contributed by atoms with Crippen molar-refractivity contribution >= 4 is 17.6 Å². The van der Waals surface area contributed by atoms with Gasteiger partial charge in [-0.15, -0.1) is 0 Å². The Morgan fingerprint density at radius 2 is 1.87 bits per heavy atom. The SMILES string of the molecule is CCOC(=O)c1cc(C(=O)NCC#Cc2cccc(C(F)(F)F)c2)cc([N+](=O)[O-])c1. The van der Waals surface area contributed by atoms with E-state index in [-0.39, 0.29) is 29.8 Å². The van der Waals surface area contributed by atoms with Crippen LogP contribution in [-0.4, -0.2) is 30.0 Å². The second kappa shape index (κ2) is 9.56. The highest BCUT2D eigenvalue weighted by molar-refractivity contribution is 5.99. The highest BCUT2D eigenvalue weighted by Gasteiger charge is 2.30. The van der Waals surface area contributed by atoms with Crippen LogP contribution in [0.2, 0.25) is 0 Å². The van der Waals surface area contributed by atoms with E-state index in [0.717, 1.165) is 30.3 Å². The predicted octanol–water partition coefficient (Wildman–Crippen LogP) is 3.57. The molecule has 0 fully saturated rings. The number of rotatable bonds is 5. The summed E-state index contributed by atoms with van der Waals surface area (Å²) in [6, 6.07) is 7.50. The monoisotopic (exact) mass is 420 g/mol. The highest BCUT2D eigenvalue weighted by atomic mass is 19.4. The number of nitro groups is 1. The summed E-state index contributed by atoms with van der Waals surface area (Å²) in [6.45, 7) is 1.38. The second-order valence-corrected chi connectivity index (χ2v) is 5.81. The van der Waals surface area contributed by atoms with E-state index >= 15 is 0 Å². The minimum Gasteiger partial charge on any atom is -0.462 e. The fourth-order valence-electron chi connectivity index (χ4n) is 2.33. The molecule has 0 unspecified atom stereocenters. The minimum atomic E-state index is -4.50. The van der Waals surface area contributed by atoms with Crippen LogP contribution in [0.15, 0.2) is 42.5 Å². The normalized spacial score (nSPS) is 10.5. The first-order valence-electron chi connectivity index (χ1n) is 8.52. The molecular formula is C20H15F3N2O5. The second-order valence-electron chi connectivity index (χ2n) is 5.81. The van der Waals surface area contributed by atoms with Crippen molar-refractivity contribution in [1.82, 2.24) is 5.32 Å². The molecule has 10 heteroatoms. The van der Waals surface area contributed by atoms with E-state index < -0.39 is 34.2 Å². The molecule has 0 radical (unpaired) electrons. The molecule has 0 saturated heterocycles.